The number of rotatable bonds is 3. The smallest absolute Gasteiger partial charge is 0.132 e. The van der Waals surface area contributed by atoms with E-state index in [-0.39, 0.29) is 6.61 Å². The van der Waals surface area contributed by atoms with Gasteiger partial charge >= 0.3 is 0 Å². The molecular formula is C8H14N4OS. The van der Waals surface area contributed by atoms with Gasteiger partial charge in [0.1, 0.15) is 10.7 Å². The molecule has 1 unspecified atom stereocenters. The van der Waals surface area contributed by atoms with Gasteiger partial charge in [0.25, 0.3) is 0 Å². The maximum atomic E-state index is 8.99. The van der Waals surface area contributed by atoms with Crippen molar-refractivity contribution in [2.45, 2.75) is 13.0 Å². The van der Waals surface area contributed by atoms with Gasteiger partial charge < -0.3 is 10.8 Å². The van der Waals surface area contributed by atoms with E-state index in [0.717, 1.165) is 31.7 Å². The fourth-order valence-electron chi connectivity index (χ4n) is 1.74. The van der Waals surface area contributed by atoms with Crippen LogP contribution in [-0.4, -0.2) is 39.3 Å². The third-order valence-electron chi connectivity index (χ3n) is 2.59. The summed E-state index contributed by atoms with van der Waals surface area (Å²) in [5.41, 5.74) is 6.57. The topological polar surface area (TPSA) is 75.3 Å². The van der Waals surface area contributed by atoms with Gasteiger partial charge in [-0.2, -0.15) is 0 Å². The number of likely N-dealkylation sites (tertiary alicyclic amines) is 1. The molecule has 1 aromatic heterocycles. The fraction of sp³-hybridized carbons (Fsp3) is 0.750. The van der Waals surface area contributed by atoms with Crippen LogP contribution >= 0.6 is 11.5 Å². The average molecular weight is 214 g/mol. The van der Waals surface area contributed by atoms with E-state index in [1.165, 1.54) is 11.5 Å². The number of aliphatic hydroxyl groups is 1. The van der Waals surface area contributed by atoms with Gasteiger partial charge in [-0.15, -0.1) is 5.10 Å². The van der Waals surface area contributed by atoms with Crippen LogP contribution in [0.1, 0.15) is 12.1 Å². The molecule has 78 valence electrons. The number of hydrogen-bond donors (Lipinski definition) is 2. The average Bonchev–Trinajstić information content (AvgIpc) is 2.77. The van der Waals surface area contributed by atoms with Crippen LogP contribution < -0.4 is 5.73 Å². The molecule has 0 aromatic carbocycles. The zero-order valence-electron chi connectivity index (χ0n) is 7.89. The highest BCUT2D eigenvalue weighted by Gasteiger charge is 2.22. The first-order valence-corrected chi connectivity index (χ1v) is 5.47. The summed E-state index contributed by atoms with van der Waals surface area (Å²) in [5, 5.41) is 13.7. The Labute approximate surface area is 86.7 Å². The zero-order valence-corrected chi connectivity index (χ0v) is 8.70. The fourth-order valence-corrected chi connectivity index (χ4v) is 2.18. The number of aliphatic hydroxyl groups excluding tert-OH is 1. The van der Waals surface area contributed by atoms with E-state index in [1.54, 1.807) is 0 Å². The largest absolute Gasteiger partial charge is 0.396 e. The molecule has 2 heterocycles. The lowest BCUT2D eigenvalue weighted by molar-refractivity contribution is 0.219. The molecule has 0 bridgehead atoms. The normalized spacial score (nSPS) is 23.1. The second-order valence-electron chi connectivity index (χ2n) is 3.66. The first kappa shape index (κ1) is 9.82. The number of anilines is 1. The monoisotopic (exact) mass is 214 g/mol. The van der Waals surface area contributed by atoms with Crippen LogP contribution in [0.3, 0.4) is 0 Å². The van der Waals surface area contributed by atoms with Crippen molar-refractivity contribution in [3.63, 3.8) is 0 Å². The molecule has 6 heteroatoms. The number of aromatic nitrogens is 2. The molecule has 14 heavy (non-hydrogen) atoms. The Morgan fingerprint density at radius 3 is 3.07 bits per heavy atom. The molecule has 0 aliphatic carbocycles. The van der Waals surface area contributed by atoms with Crippen molar-refractivity contribution in [2.24, 2.45) is 5.92 Å². The van der Waals surface area contributed by atoms with E-state index in [9.17, 15) is 0 Å². The van der Waals surface area contributed by atoms with Gasteiger partial charge in [-0.3, -0.25) is 4.90 Å². The van der Waals surface area contributed by atoms with Gasteiger partial charge in [0, 0.05) is 31.2 Å². The lowest BCUT2D eigenvalue weighted by atomic mass is 10.1. The van der Waals surface area contributed by atoms with Crippen LogP contribution in [-0.2, 0) is 6.54 Å². The molecule has 0 amide bonds. The molecular weight excluding hydrogens is 200 g/mol. The van der Waals surface area contributed by atoms with Crippen LogP contribution in [0.4, 0.5) is 5.00 Å². The molecule has 0 saturated carbocycles. The molecule has 1 fully saturated rings. The van der Waals surface area contributed by atoms with Crippen molar-refractivity contribution >= 4 is 16.5 Å². The van der Waals surface area contributed by atoms with E-state index in [0.29, 0.717) is 10.9 Å². The number of nitrogens with two attached hydrogens (primary N) is 1. The van der Waals surface area contributed by atoms with E-state index >= 15 is 0 Å². The Bertz CT molecular complexity index is 303. The molecule has 0 spiro atoms. The molecule has 5 nitrogen and oxygen atoms in total. The summed E-state index contributed by atoms with van der Waals surface area (Å²) in [5.74, 6) is 0.419. The van der Waals surface area contributed by atoms with E-state index < -0.39 is 0 Å². The van der Waals surface area contributed by atoms with Gasteiger partial charge in [0.15, 0.2) is 0 Å². The lowest BCUT2D eigenvalue weighted by Gasteiger charge is -2.13. The molecule has 1 aliphatic rings. The SMILES string of the molecule is Nc1snnc1CN1CCC(CO)C1. The minimum Gasteiger partial charge on any atom is -0.396 e. The predicted molar refractivity (Wildman–Crippen MR) is 54.8 cm³/mol. The minimum absolute atomic E-state index is 0.279. The van der Waals surface area contributed by atoms with Crippen molar-refractivity contribution in [1.29, 1.82) is 0 Å². The summed E-state index contributed by atoms with van der Waals surface area (Å²) < 4.78 is 3.79. The predicted octanol–water partition coefficient (Wildman–Crippen LogP) is -0.0655. The standard InChI is InChI=1S/C8H14N4OS/c9-8-7(10-11-14-8)4-12-2-1-6(3-12)5-13/h6,13H,1-5,9H2. The molecule has 1 aromatic rings. The van der Waals surface area contributed by atoms with Crippen molar-refractivity contribution in [1.82, 2.24) is 14.5 Å². The quantitative estimate of drug-likeness (QED) is 0.737. The van der Waals surface area contributed by atoms with Crippen molar-refractivity contribution in [2.75, 3.05) is 25.4 Å². The summed E-state index contributed by atoms with van der Waals surface area (Å²) in [6.45, 7) is 3.00. The third-order valence-corrected chi connectivity index (χ3v) is 3.18. The Morgan fingerprint density at radius 2 is 2.50 bits per heavy atom. The second-order valence-corrected chi connectivity index (χ2v) is 4.44. The van der Waals surface area contributed by atoms with Gasteiger partial charge in [-0.1, -0.05) is 4.49 Å². The van der Waals surface area contributed by atoms with Crippen molar-refractivity contribution < 1.29 is 5.11 Å². The Kier molecular flexibility index (Phi) is 2.95. The molecule has 1 aliphatic heterocycles. The van der Waals surface area contributed by atoms with Crippen LogP contribution in [0.5, 0.6) is 0 Å². The maximum Gasteiger partial charge on any atom is 0.132 e. The minimum atomic E-state index is 0.279. The third kappa shape index (κ3) is 2.02. The molecule has 3 N–H and O–H groups in total. The van der Waals surface area contributed by atoms with Crippen LogP contribution in [0.2, 0.25) is 0 Å². The molecule has 1 atom stereocenters. The van der Waals surface area contributed by atoms with Crippen molar-refractivity contribution in [3.05, 3.63) is 5.69 Å². The Balaban J connectivity index is 1.90. The molecule has 1 saturated heterocycles. The highest BCUT2D eigenvalue weighted by molar-refractivity contribution is 7.09. The van der Waals surface area contributed by atoms with Gasteiger partial charge in [0.05, 0.1) is 0 Å². The lowest BCUT2D eigenvalue weighted by Crippen LogP contribution is -2.21. The van der Waals surface area contributed by atoms with E-state index in [1.807, 2.05) is 0 Å². The summed E-state index contributed by atoms with van der Waals surface area (Å²) in [7, 11) is 0. The van der Waals surface area contributed by atoms with Crippen LogP contribution in [0, 0.1) is 5.92 Å². The zero-order chi connectivity index (χ0) is 9.97. The number of hydrogen-bond acceptors (Lipinski definition) is 6. The Morgan fingerprint density at radius 1 is 1.64 bits per heavy atom. The summed E-state index contributed by atoms with van der Waals surface area (Å²) in [4.78, 5) is 2.26. The summed E-state index contributed by atoms with van der Waals surface area (Å²) in [6.07, 6.45) is 1.06. The molecule has 2 rings (SSSR count). The van der Waals surface area contributed by atoms with Gasteiger partial charge in [0.2, 0.25) is 0 Å². The number of nitrogen functional groups attached to an aromatic ring is 1. The number of nitrogens with zero attached hydrogens (tertiary/aromatic N) is 3. The van der Waals surface area contributed by atoms with Gasteiger partial charge in [-0.25, -0.2) is 0 Å². The highest BCUT2D eigenvalue weighted by atomic mass is 32.1. The van der Waals surface area contributed by atoms with E-state index in [4.69, 9.17) is 10.8 Å². The first-order valence-electron chi connectivity index (χ1n) is 4.69. The summed E-state index contributed by atoms with van der Waals surface area (Å²) >= 11 is 1.23. The summed E-state index contributed by atoms with van der Waals surface area (Å²) in [6, 6.07) is 0. The highest BCUT2D eigenvalue weighted by Crippen LogP contribution is 2.20. The second kappa shape index (κ2) is 4.20. The maximum absolute atomic E-state index is 8.99. The van der Waals surface area contributed by atoms with Crippen LogP contribution in [0.15, 0.2) is 0 Å². The van der Waals surface area contributed by atoms with Crippen LogP contribution in [0.25, 0.3) is 0 Å². The van der Waals surface area contributed by atoms with Crippen molar-refractivity contribution in [3.8, 4) is 0 Å². The Hall–Kier alpha value is -0.720. The van der Waals surface area contributed by atoms with Gasteiger partial charge in [-0.05, 0) is 18.9 Å². The van der Waals surface area contributed by atoms with E-state index in [2.05, 4.69) is 14.5 Å². The molecule has 0 radical (unpaired) electrons. The first-order chi connectivity index (χ1) is 6.79.